The van der Waals surface area contributed by atoms with Gasteiger partial charge in [-0.2, -0.15) is 0 Å². The van der Waals surface area contributed by atoms with Gasteiger partial charge in [-0.15, -0.1) is 0 Å². The molecule has 0 spiro atoms. The van der Waals surface area contributed by atoms with Crippen LogP contribution in [0.25, 0.3) is 0 Å². The predicted molar refractivity (Wildman–Crippen MR) is 85.1 cm³/mol. The van der Waals surface area contributed by atoms with Gasteiger partial charge in [0.1, 0.15) is 5.75 Å². The molecule has 3 unspecified atom stereocenters. The van der Waals surface area contributed by atoms with Crippen molar-refractivity contribution in [1.82, 2.24) is 5.32 Å². The van der Waals surface area contributed by atoms with Crippen LogP contribution in [0.4, 0.5) is 0 Å². The van der Waals surface area contributed by atoms with Crippen molar-refractivity contribution in [2.75, 3.05) is 6.61 Å². The van der Waals surface area contributed by atoms with Gasteiger partial charge in [-0.3, -0.25) is 0 Å². The number of hydrogen-bond acceptors (Lipinski definition) is 2. The lowest BCUT2D eigenvalue weighted by Gasteiger charge is -2.23. The second-order valence-corrected chi connectivity index (χ2v) is 6.68. The number of benzene rings is 1. The molecular weight excluding hydrogens is 246 g/mol. The summed E-state index contributed by atoms with van der Waals surface area (Å²) in [6.07, 6.45) is 4.06. The molecule has 1 aliphatic carbocycles. The molecule has 0 amide bonds. The summed E-state index contributed by atoms with van der Waals surface area (Å²) < 4.78 is 5.73. The van der Waals surface area contributed by atoms with E-state index in [-0.39, 0.29) is 0 Å². The first kappa shape index (κ1) is 15.4. The summed E-state index contributed by atoms with van der Waals surface area (Å²) in [5.41, 5.74) is 1.35. The lowest BCUT2D eigenvalue weighted by molar-refractivity contribution is 0.271. The minimum atomic E-state index is 0.416. The first-order valence-electron chi connectivity index (χ1n) is 8.05. The van der Waals surface area contributed by atoms with E-state index in [4.69, 9.17) is 4.74 Å². The molecule has 2 heteroatoms. The minimum Gasteiger partial charge on any atom is -0.493 e. The quantitative estimate of drug-likeness (QED) is 0.821. The van der Waals surface area contributed by atoms with Gasteiger partial charge in [0, 0.05) is 12.1 Å². The maximum Gasteiger partial charge on any atom is 0.119 e. The second kappa shape index (κ2) is 7.12. The topological polar surface area (TPSA) is 21.3 Å². The Morgan fingerprint density at radius 2 is 1.85 bits per heavy atom. The van der Waals surface area contributed by atoms with E-state index in [1.165, 1.54) is 24.8 Å². The smallest absolute Gasteiger partial charge is 0.119 e. The van der Waals surface area contributed by atoms with Crippen molar-refractivity contribution in [3.63, 3.8) is 0 Å². The van der Waals surface area contributed by atoms with E-state index in [1.54, 1.807) is 0 Å². The Hall–Kier alpha value is -1.02. The molecule has 3 atom stereocenters. The van der Waals surface area contributed by atoms with Gasteiger partial charge in [0.2, 0.25) is 0 Å². The fourth-order valence-electron chi connectivity index (χ4n) is 2.93. The first-order valence-corrected chi connectivity index (χ1v) is 8.05. The van der Waals surface area contributed by atoms with Crippen molar-refractivity contribution in [3.05, 3.63) is 29.8 Å². The van der Waals surface area contributed by atoms with Crippen molar-refractivity contribution in [2.45, 2.75) is 59.0 Å². The van der Waals surface area contributed by atoms with E-state index in [2.05, 4.69) is 57.3 Å². The highest BCUT2D eigenvalue weighted by atomic mass is 16.5. The van der Waals surface area contributed by atoms with Crippen LogP contribution in [0, 0.1) is 11.8 Å². The Labute approximate surface area is 123 Å². The van der Waals surface area contributed by atoms with Crippen molar-refractivity contribution < 1.29 is 4.74 Å². The summed E-state index contributed by atoms with van der Waals surface area (Å²) in [4.78, 5) is 0. The molecule has 0 saturated heterocycles. The van der Waals surface area contributed by atoms with Gasteiger partial charge in [0.05, 0.1) is 6.61 Å². The second-order valence-electron chi connectivity index (χ2n) is 6.68. The molecule has 2 rings (SSSR count). The van der Waals surface area contributed by atoms with Crippen LogP contribution >= 0.6 is 0 Å². The van der Waals surface area contributed by atoms with Crippen LogP contribution in [-0.4, -0.2) is 12.6 Å². The fourth-order valence-corrected chi connectivity index (χ4v) is 2.93. The first-order chi connectivity index (χ1) is 9.56. The summed E-state index contributed by atoms with van der Waals surface area (Å²) in [7, 11) is 0. The zero-order valence-electron chi connectivity index (χ0n) is 13.4. The van der Waals surface area contributed by atoms with Crippen molar-refractivity contribution in [2.24, 2.45) is 11.8 Å². The molecule has 1 fully saturated rings. The molecule has 0 radical (unpaired) electrons. The Kier molecular flexibility index (Phi) is 5.47. The van der Waals surface area contributed by atoms with E-state index in [1.807, 2.05) is 0 Å². The molecular formula is C18H29NO. The number of hydrogen-bond donors (Lipinski definition) is 1. The highest BCUT2D eigenvalue weighted by molar-refractivity contribution is 5.29. The molecule has 1 N–H and O–H groups in total. The van der Waals surface area contributed by atoms with Gasteiger partial charge in [-0.1, -0.05) is 39.3 Å². The van der Waals surface area contributed by atoms with Gasteiger partial charge >= 0.3 is 0 Å². The Balaban J connectivity index is 1.88. The monoisotopic (exact) mass is 275 g/mol. The summed E-state index contributed by atoms with van der Waals surface area (Å²) in [6.45, 7) is 9.74. The maximum atomic E-state index is 5.73. The van der Waals surface area contributed by atoms with E-state index >= 15 is 0 Å². The Morgan fingerprint density at radius 3 is 2.40 bits per heavy atom. The van der Waals surface area contributed by atoms with Gasteiger partial charge in [0.25, 0.3) is 0 Å². The standard InChI is InChI=1S/C18H29NO/c1-13(2)12-20-17-10-8-16(9-11-17)15(4)19-18-7-5-6-14(18)3/h8-11,13-15,18-19H,5-7,12H2,1-4H3. The molecule has 0 aromatic heterocycles. The molecule has 1 aliphatic rings. The zero-order valence-corrected chi connectivity index (χ0v) is 13.4. The van der Waals surface area contributed by atoms with Gasteiger partial charge < -0.3 is 10.1 Å². The predicted octanol–water partition coefficient (Wildman–Crippen LogP) is 4.56. The highest BCUT2D eigenvalue weighted by Gasteiger charge is 2.24. The molecule has 0 bridgehead atoms. The van der Waals surface area contributed by atoms with Crippen LogP contribution in [-0.2, 0) is 0 Å². The third-order valence-electron chi connectivity index (χ3n) is 4.29. The van der Waals surface area contributed by atoms with E-state index in [0.29, 0.717) is 18.0 Å². The maximum absolute atomic E-state index is 5.73. The van der Waals surface area contributed by atoms with Crippen LogP contribution in [0.5, 0.6) is 5.75 Å². The summed E-state index contributed by atoms with van der Waals surface area (Å²) in [5.74, 6) is 2.36. The SMILES string of the molecule is CC(C)COc1ccc(C(C)NC2CCCC2C)cc1. The lowest BCUT2D eigenvalue weighted by atomic mass is 10.0. The number of ether oxygens (including phenoxy) is 1. The zero-order chi connectivity index (χ0) is 14.5. The number of rotatable bonds is 6. The normalized spacial score (nSPS) is 24.1. The third-order valence-corrected chi connectivity index (χ3v) is 4.29. The van der Waals surface area contributed by atoms with Crippen molar-refractivity contribution in [1.29, 1.82) is 0 Å². The summed E-state index contributed by atoms with van der Waals surface area (Å²) >= 11 is 0. The fraction of sp³-hybridized carbons (Fsp3) is 0.667. The lowest BCUT2D eigenvalue weighted by Crippen LogP contribution is -2.33. The van der Waals surface area contributed by atoms with Crippen LogP contribution in [0.2, 0.25) is 0 Å². The molecule has 0 aliphatic heterocycles. The molecule has 1 saturated carbocycles. The van der Waals surface area contributed by atoms with Crippen LogP contribution < -0.4 is 10.1 Å². The molecule has 0 heterocycles. The van der Waals surface area contributed by atoms with Crippen LogP contribution in [0.3, 0.4) is 0 Å². The molecule has 1 aromatic rings. The van der Waals surface area contributed by atoms with E-state index in [9.17, 15) is 0 Å². The molecule has 112 valence electrons. The Morgan fingerprint density at radius 1 is 1.15 bits per heavy atom. The van der Waals surface area contributed by atoms with Crippen molar-refractivity contribution >= 4 is 0 Å². The summed E-state index contributed by atoms with van der Waals surface area (Å²) in [6, 6.07) is 9.66. The average Bonchev–Trinajstić information content (AvgIpc) is 2.82. The molecule has 20 heavy (non-hydrogen) atoms. The minimum absolute atomic E-state index is 0.416. The highest BCUT2D eigenvalue weighted by Crippen LogP contribution is 2.27. The number of nitrogens with one attached hydrogen (secondary N) is 1. The van der Waals surface area contributed by atoms with Gasteiger partial charge in [0.15, 0.2) is 0 Å². The third kappa shape index (κ3) is 4.24. The van der Waals surface area contributed by atoms with Crippen LogP contribution in [0.1, 0.15) is 58.6 Å². The largest absolute Gasteiger partial charge is 0.493 e. The van der Waals surface area contributed by atoms with E-state index < -0.39 is 0 Å². The van der Waals surface area contributed by atoms with Gasteiger partial charge in [-0.05, 0) is 49.3 Å². The average molecular weight is 275 g/mol. The molecule has 1 aromatic carbocycles. The van der Waals surface area contributed by atoms with E-state index in [0.717, 1.165) is 18.3 Å². The van der Waals surface area contributed by atoms with Crippen molar-refractivity contribution in [3.8, 4) is 5.75 Å². The van der Waals surface area contributed by atoms with Gasteiger partial charge in [-0.25, -0.2) is 0 Å². The molecule has 2 nitrogen and oxygen atoms in total. The Bertz CT molecular complexity index is 398. The summed E-state index contributed by atoms with van der Waals surface area (Å²) in [5, 5.41) is 3.77. The van der Waals surface area contributed by atoms with Crippen LogP contribution in [0.15, 0.2) is 24.3 Å².